The lowest BCUT2D eigenvalue weighted by Crippen LogP contribution is -2.36. The summed E-state index contributed by atoms with van der Waals surface area (Å²) in [4.78, 5) is 13.0. The molecule has 2 aromatic rings. The Bertz CT molecular complexity index is 686. The molecule has 0 aliphatic carbocycles. The van der Waals surface area contributed by atoms with Gasteiger partial charge in [-0.15, -0.1) is 0 Å². The Morgan fingerprint density at radius 2 is 1.85 bits per heavy atom. The fraction of sp³-hybridized carbons (Fsp3) is 0.400. The monoisotopic (exact) mass is 355 g/mol. The topological polar surface area (TPSA) is 53.0 Å². The van der Waals surface area contributed by atoms with E-state index in [4.69, 9.17) is 9.73 Å². The number of ether oxygens (including phenoxy) is 1. The SMILES string of the molecule is CN(C)CCOc1cc(CN=C(NCc2ccccc2)N(C)C)ccn1. The van der Waals surface area contributed by atoms with Gasteiger partial charge in [0, 0.05) is 39.4 Å². The molecule has 0 bridgehead atoms. The second-order valence-electron chi connectivity index (χ2n) is 6.53. The fourth-order valence-electron chi connectivity index (χ4n) is 2.26. The van der Waals surface area contributed by atoms with Gasteiger partial charge in [-0.2, -0.15) is 0 Å². The molecule has 1 heterocycles. The molecule has 0 spiro atoms. The van der Waals surface area contributed by atoms with Gasteiger partial charge in [-0.1, -0.05) is 30.3 Å². The fourth-order valence-corrected chi connectivity index (χ4v) is 2.26. The molecular formula is C20H29N5O. The van der Waals surface area contributed by atoms with Crippen LogP contribution in [0.3, 0.4) is 0 Å². The van der Waals surface area contributed by atoms with E-state index in [-0.39, 0.29) is 0 Å². The van der Waals surface area contributed by atoms with Gasteiger partial charge in [0.25, 0.3) is 0 Å². The van der Waals surface area contributed by atoms with Gasteiger partial charge in [-0.3, -0.25) is 0 Å². The molecule has 1 aromatic heterocycles. The molecule has 0 amide bonds. The number of aromatic nitrogens is 1. The summed E-state index contributed by atoms with van der Waals surface area (Å²) in [6.07, 6.45) is 1.77. The highest BCUT2D eigenvalue weighted by molar-refractivity contribution is 5.79. The number of nitrogens with zero attached hydrogens (tertiary/aromatic N) is 4. The van der Waals surface area contributed by atoms with Crippen molar-refractivity contribution in [3.63, 3.8) is 0 Å². The van der Waals surface area contributed by atoms with Crippen LogP contribution in [0.25, 0.3) is 0 Å². The number of hydrogen-bond donors (Lipinski definition) is 1. The second kappa shape index (κ2) is 10.4. The van der Waals surface area contributed by atoms with Crippen molar-refractivity contribution >= 4 is 5.96 Å². The van der Waals surface area contributed by atoms with Crippen LogP contribution in [0.4, 0.5) is 0 Å². The Morgan fingerprint density at radius 3 is 2.54 bits per heavy atom. The summed E-state index contributed by atoms with van der Waals surface area (Å²) in [5.41, 5.74) is 2.29. The summed E-state index contributed by atoms with van der Waals surface area (Å²) >= 11 is 0. The summed E-state index contributed by atoms with van der Waals surface area (Å²) in [6.45, 7) is 2.79. The minimum Gasteiger partial charge on any atom is -0.476 e. The largest absolute Gasteiger partial charge is 0.476 e. The Balaban J connectivity index is 1.93. The molecule has 6 heteroatoms. The van der Waals surface area contributed by atoms with E-state index < -0.39 is 0 Å². The highest BCUT2D eigenvalue weighted by atomic mass is 16.5. The number of likely N-dealkylation sites (N-methyl/N-ethyl adjacent to an activating group) is 1. The zero-order valence-electron chi connectivity index (χ0n) is 16.1. The van der Waals surface area contributed by atoms with Gasteiger partial charge in [0.2, 0.25) is 5.88 Å². The maximum atomic E-state index is 5.69. The van der Waals surface area contributed by atoms with Gasteiger partial charge in [0.1, 0.15) is 6.61 Å². The molecule has 26 heavy (non-hydrogen) atoms. The minimum absolute atomic E-state index is 0.571. The molecule has 1 aromatic carbocycles. The summed E-state index contributed by atoms with van der Waals surface area (Å²) in [6, 6.07) is 14.2. The normalized spacial score (nSPS) is 11.5. The van der Waals surface area contributed by atoms with Crippen LogP contribution in [0.15, 0.2) is 53.7 Å². The summed E-state index contributed by atoms with van der Waals surface area (Å²) in [5.74, 6) is 1.49. The first-order valence-corrected chi connectivity index (χ1v) is 8.76. The molecule has 0 saturated carbocycles. The van der Waals surface area contributed by atoms with Crippen molar-refractivity contribution in [2.24, 2.45) is 4.99 Å². The van der Waals surface area contributed by atoms with Crippen LogP contribution in [0, 0.1) is 0 Å². The molecular weight excluding hydrogens is 326 g/mol. The summed E-state index contributed by atoms with van der Waals surface area (Å²) in [7, 11) is 8.01. The second-order valence-corrected chi connectivity index (χ2v) is 6.53. The van der Waals surface area contributed by atoms with E-state index in [0.29, 0.717) is 19.0 Å². The number of rotatable bonds is 8. The smallest absolute Gasteiger partial charge is 0.213 e. The lowest BCUT2D eigenvalue weighted by molar-refractivity contribution is 0.253. The zero-order chi connectivity index (χ0) is 18.8. The number of pyridine rings is 1. The third kappa shape index (κ3) is 7.11. The lowest BCUT2D eigenvalue weighted by Gasteiger charge is -2.18. The van der Waals surface area contributed by atoms with Gasteiger partial charge in [0.05, 0.1) is 6.54 Å². The van der Waals surface area contributed by atoms with Crippen molar-refractivity contribution in [1.29, 1.82) is 0 Å². The minimum atomic E-state index is 0.571. The van der Waals surface area contributed by atoms with Gasteiger partial charge in [-0.25, -0.2) is 9.98 Å². The number of guanidine groups is 1. The summed E-state index contributed by atoms with van der Waals surface area (Å²) < 4.78 is 5.69. The average Bonchev–Trinajstić information content (AvgIpc) is 2.62. The standard InChI is InChI=1S/C20H29N5O/c1-24(2)12-13-26-19-14-18(10-11-21-19)16-23-20(25(3)4)22-15-17-8-6-5-7-9-17/h5-11,14H,12-13,15-16H2,1-4H3,(H,22,23). The molecule has 0 saturated heterocycles. The van der Waals surface area contributed by atoms with Gasteiger partial charge >= 0.3 is 0 Å². The Morgan fingerprint density at radius 1 is 1.08 bits per heavy atom. The number of aliphatic imine (C=N–C) groups is 1. The van der Waals surface area contributed by atoms with Crippen molar-refractivity contribution in [2.45, 2.75) is 13.1 Å². The Hall–Kier alpha value is -2.60. The van der Waals surface area contributed by atoms with Crippen LogP contribution in [-0.2, 0) is 13.1 Å². The van der Waals surface area contributed by atoms with Crippen LogP contribution in [0.2, 0.25) is 0 Å². The molecule has 6 nitrogen and oxygen atoms in total. The van der Waals surface area contributed by atoms with Crippen LogP contribution >= 0.6 is 0 Å². The molecule has 0 aliphatic heterocycles. The predicted molar refractivity (Wildman–Crippen MR) is 106 cm³/mol. The molecule has 0 fully saturated rings. The van der Waals surface area contributed by atoms with E-state index in [1.165, 1.54) is 5.56 Å². The molecule has 1 N–H and O–H groups in total. The Labute approximate surface area is 156 Å². The van der Waals surface area contributed by atoms with E-state index in [0.717, 1.165) is 24.6 Å². The maximum Gasteiger partial charge on any atom is 0.213 e. The third-order valence-corrected chi connectivity index (χ3v) is 3.72. The van der Waals surface area contributed by atoms with Crippen molar-refractivity contribution in [1.82, 2.24) is 20.1 Å². The number of benzene rings is 1. The van der Waals surface area contributed by atoms with Gasteiger partial charge in [0.15, 0.2) is 5.96 Å². The van der Waals surface area contributed by atoms with E-state index in [2.05, 4.69) is 27.3 Å². The summed E-state index contributed by atoms with van der Waals surface area (Å²) in [5, 5.41) is 3.39. The Kier molecular flexibility index (Phi) is 7.89. The number of hydrogen-bond acceptors (Lipinski definition) is 4. The lowest BCUT2D eigenvalue weighted by atomic mass is 10.2. The van der Waals surface area contributed by atoms with Gasteiger partial charge in [-0.05, 0) is 31.3 Å². The first kappa shape index (κ1) is 19.7. The highest BCUT2D eigenvalue weighted by Crippen LogP contribution is 2.10. The molecule has 2 rings (SSSR count). The van der Waals surface area contributed by atoms with Crippen LogP contribution in [-0.4, -0.2) is 62.1 Å². The highest BCUT2D eigenvalue weighted by Gasteiger charge is 2.03. The van der Waals surface area contributed by atoms with Crippen LogP contribution in [0.1, 0.15) is 11.1 Å². The molecule has 0 aliphatic rings. The van der Waals surface area contributed by atoms with Crippen LogP contribution in [0.5, 0.6) is 5.88 Å². The maximum absolute atomic E-state index is 5.69. The quantitative estimate of drug-likeness (QED) is 0.581. The average molecular weight is 355 g/mol. The predicted octanol–water partition coefficient (Wildman–Crippen LogP) is 2.23. The van der Waals surface area contributed by atoms with E-state index in [1.807, 2.05) is 63.4 Å². The van der Waals surface area contributed by atoms with Crippen molar-refractivity contribution in [2.75, 3.05) is 41.3 Å². The molecule has 140 valence electrons. The van der Waals surface area contributed by atoms with Crippen molar-refractivity contribution < 1.29 is 4.74 Å². The first-order chi connectivity index (χ1) is 12.5. The van der Waals surface area contributed by atoms with Crippen LogP contribution < -0.4 is 10.1 Å². The van der Waals surface area contributed by atoms with E-state index in [9.17, 15) is 0 Å². The first-order valence-electron chi connectivity index (χ1n) is 8.76. The third-order valence-electron chi connectivity index (χ3n) is 3.72. The van der Waals surface area contributed by atoms with Gasteiger partial charge < -0.3 is 19.9 Å². The molecule has 0 unspecified atom stereocenters. The zero-order valence-corrected chi connectivity index (χ0v) is 16.1. The van der Waals surface area contributed by atoms with E-state index >= 15 is 0 Å². The van der Waals surface area contributed by atoms with Crippen molar-refractivity contribution in [3.05, 3.63) is 59.8 Å². The molecule has 0 atom stereocenters. The molecule has 0 radical (unpaired) electrons. The number of nitrogens with one attached hydrogen (secondary N) is 1. The van der Waals surface area contributed by atoms with E-state index in [1.54, 1.807) is 6.20 Å². The van der Waals surface area contributed by atoms with Crippen molar-refractivity contribution in [3.8, 4) is 5.88 Å².